The first-order chi connectivity index (χ1) is 6.67. The van der Waals surface area contributed by atoms with Crippen LogP contribution in [0, 0.1) is 0 Å². The largest absolute Gasteiger partial charge is 0.368 e. The van der Waals surface area contributed by atoms with Gasteiger partial charge in [-0.05, 0) is 20.3 Å². The molecule has 0 radical (unpaired) electrons. The summed E-state index contributed by atoms with van der Waals surface area (Å²) in [7, 11) is 0. The minimum atomic E-state index is -0.0397. The third-order valence-electron chi connectivity index (χ3n) is 2.22. The lowest BCUT2D eigenvalue weighted by molar-refractivity contribution is -0.118. The molecule has 0 aliphatic heterocycles. The zero-order valence-electron chi connectivity index (χ0n) is 9.60. The number of carbonyl (C=O) groups is 1. The van der Waals surface area contributed by atoms with Crippen LogP contribution in [0.25, 0.3) is 0 Å². The van der Waals surface area contributed by atoms with E-state index in [1.54, 1.807) is 0 Å². The van der Waals surface area contributed by atoms with E-state index in [-0.39, 0.29) is 5.91 Å². The molecule has 0 rings (SSSR count). The van der Waals surface area contributed by atoms with E-state index < -0.39 is 0 Å². The van der Waals surface area contributed by atoms with E-state index in [0.29, 0.717) is 5.70 Å². The molecular weight excluding hydrogens is 176 g/mol. The quantitative estimate of drug-likeness (QED) is 0.499. The predicted octanol–water partition coefficient (Wildman–Crippen LogP) is 1.76. The Labute approximate surface area is 87.2 Å². The number of unbranched alkanes of at least 4 members (excludes halogenated alkanes) is 1. The van der Waals surface area contributed by atoms with Crippen LogP contribution in [0.3, 0.4) is 0 Å². The Morgan fingerprint density at radius 3 is 2.29 bits per heavy atom. The molecule has 3 nitrogen and oxygen atoms in total. The van der Waals surface area contributed by atoms with Crippen LogP contribution < -0.4 is 5.32 Å². The molecule has 0 atom stereocenters. The van der Waals surface area contributed by atoms with Gasteiger partial charge in [-0.25, -0.2) is 0 Å². The van der Waals surface area contributed by atoms with Crippen LogP contribution in [-0.4, -0.2) is 30.4 Å². The molecule has 14 heavy (non-hydrogen) atoms. The van der Waals surface area contributed by atoms with E-state index in [0.717, 1.165) is 32.5 Å². The zero-order valence-corrected chi connectivity index (χ0v) is 9.60. The van der Waals surface area contributed by atoms with Crippen LogP contribution in [0.4, 0.5) is 0 Å². The highest BCUT2D eigenvalue weighted by Gasteiger charge is 2.10. The smallest absolute Gasteiger partial charge is 0.266 e. The number of nitrogens with one attached hydrogen (secondary N) is 1. The number of hydrogen-bond acceptors (Lipinski definition) is 2. The molecule has 0 aliphatic carbocycles. The van der Waals surface area contributed by atoms with Crippen LogP contribution >= 0.6 is 0 Å². The third kappa shape index (κ3) is 4.30. The lowest BCUT2D eigenvalue weighted by Crippen LogP contribution is -2.34. The molecule has 0 unspecified atom stereocenters. The molecule has 0 aromatic rings. The molecule has 82 valence electrons. The Morgan fingerprint density at radius 2 is 1.86 bits per heavy atom. The highest BCUT2D eigenvalue weighted by Crippen LogP contribution is 2.00. The molecule has 3 heteroatoms. The summed E-state index contributed by atoms with van der Waals surface area (Å²) in [6.07, 6.45) is 2.12. The molecule has 0 saturated carbocycles. The summed E-state index contributed by atoms with van der Waals surface area (Å²) in [5.74, 6) is -0.0397. The maximum Gasteiger partial charge on any atom is 0.266 e. The van der Waals surface area contributed by atoms with Crippen molar-refractivity contribution in [2.24, 2.45) is 0 Å². The van der Waals surface area contributed by atoms with Crippen LogP contribution in [-0.2, 0) is 4.79 Å². The second kappa shape index (κ2) is 7.42. The maximum atomic E-state index is 11.5. The average molecular weight is 198 g/mol. The van der Waals surface area contributed by atoms with Crippen molar-refractivity contribution in [3.8, 4) is 0 Å². The summed E-state index contributed by atoms with van der Waals surface area (Å²) in [4.78, 5) is 13.5. The molecule has 0 aromatic carbocycles. The fraction of sp³-hybridized carbons (Fsp3) is 0.727. The van der Waals surface area contributed by atoms with Gasteiger partial charge in [0, 0.05) is 19.6 Å². The molecule has 0 aromatic heterocycles. The SMILES string of the molecule is C=C(C(=O)NCCCC)N(CC)CC. The normalized spacial score (nSPS) is 9.64. The first kappa shape index (κ1) is 13.0. The summed E-state index contributed by atoms with van der Waals surface area (Å²) < 4.78 is 0. The van der Waals surface area contributed by atoms with Gasteiger partial charge in [-0.2, -0.15) is 0 Å². The van der Waals surface area contributed by atoms with Gasteiger partial charge in [-0.3, -0.25) is 4.79 Å². The van der Waals surface area contributed by atoms with Gasteiger partial charge >= 0.3 is 0 Å². The molecular formula is C11H22N2O. The number of amides is 1. The van der Waals surface area contributed by atoms with Crippen LogP contribution in [0.5, 0.6) is 0 Å². The Hall–Kier alpha value is -0.990. The van der Waals surface area contributed by atoms with Gasteiger partial charge < -0.3 is 10.2 Å². The number of rotatable bonds is 7. The van der Waals surface area contributed by atoms with Crippen molar-refractivity contribution in [2.45, 2.75) is 33.6 Å². The fourth-order valence-corrected chi connectivity index (χ4v) is 1.23. The Morgan fingerprint density at radius 1 is 1.29 bits per heavy atom. The van der Waals surface area contributed by atoms with Crippen molar-refractivity contribution in [3.05, 3.63) is 12.3 Å². The molecule has 1 N–H and O–H groups in total. The fourth-order valence-electron chi connectivity index (χ4n) is 1.23. The van der Waals surface area contributed by atoms with E-state index in [4.69, 9.17) is 0 Å². The van der Waals surface area contributed by atoms with Gasteiger partial charge in [0.1, 0.15) is 0 Å². The summed E-state index contributed by atoms with van der Waals surface area (Å²) in [6.45, 7) is 12.3. The van der Waals surface area contributed by atoms with E-state index >= 15 is 0 Å². The van der Waals surface area contributed by atoms with E-state index in [1.165, 1.54) is 0 Å². The van der Waals surface area contributed by atoms with Crippen molar-refractivity contribution in [1.29, 1.82) is 0 Å². The number of carbonyl (C=O) groups excluding carboxylic acids is 1. The summed E-state index contributed by atoms with van der Waals surface area (Å²) in [5.41, 5.74) is 0.575. The van der Waals surface area contributed by atoms with E-state index in [1.807, 2.05) is 18.7 Å². The maximum absolute atomic E-state index is 11.5. The molecule has 0 fully saturated rings. The lowest BCUT2D eigenvalue weighted by atomic mass is 10.3. The molecule has 0 aliphatic rings. The Balaban J connectivity index is 3.91. The van der Waals surface area contributed by atoms with Crippen molar-refractivity contribution < 1.29 is 4.79 Å². The second-order valence-corrected chi connectivity index (χ2v) is 3.23. The van der Waals surface area contributed by atoms with Gasteiger partial charge in [0.05, 0.1) is 5.70 Å². The highest BCUT2D eigenvalue weighted by molar-refractivity contribution is 5.92. The Bertz CT molecular complexity index is 186. The minimum Gasteiger partial charge on any atom is -0.368 e. The van der Waals surface area contributed by atoms with Gasteiger partial charge in [-0.15, -0.1) is 0 Å². The first-order valence-electron chi connectivity index (χ1n) is 5.39. The van der Waals surface area contributed by atoms with Crippen LogP contribution in [0.1, 0.15) is 33.6 Å². The lowest BCUT2D eigenvalue weighted by Gasteiger charge is -2.22. The molecule has 0 spiro atoms. The average Bonchev–Trinajstić information content (AvgIpc) is 2.19. The van der Waals surface area contributed by atoms with Crippen molar-refractivity contribution >= 4 is 5.91 Å². The monoisotopic (exact) mass is 198 g/mol. The molecule has 1 amide bonds. The number of likely N-dealkylation sites (N-methyl/N-ethyl adjacent to an activating group) is 1. The zero-order chi connectivity index (χ0) is 11.0. The van der Waals surface area contributed by atoms with Crippen LogP contribution in [0.2, 0.25) is 0 Å². The summed E-state index contributed by atoms with van der Waals surface area (Å²) >= 11 is 0. The predicted molar refractivity (Wildman–Crippen MR) is 60.0 cm³/mol. The standard InChI is InChI=1S/C11H22N2O/c1-5-8-9-12-11(14)10(4)13(6-2)7-3/h4-9H2,1-3H3,(H,12,14). The van der Waals surface area contributed by atoms with E-state index in [9.17, 15) is 4.79 Å². The summed E-state index contributed by atoms with van der Waals surface area (Å²) in [5, 5.41) is 2.85. The van der Waals surface area contributed by atoms with Crippen molar-refractivity contribution in [2.75, 3.05) is 19.6 Å². The third-order valence-corrected chi connectivity index (χ3v) is 2.22. The second-order valence-electron chi connectivity index (χ2n) is 3.23. The van der Waals surface area contributed by atoms with Gasteiger partial charge in [0.25, 0.3) is 5.91 Å². The molecule has 0 heterocycles. The topological polar surface area (TPSA) is 32.3 Å². The van der Waals surface area contributed by atoms with Gasteiger partial charge in [-0.1, -0.05) is 19.9 Å². The number of hydrogen-bond donors (Lipinski definition) is 1. The molecule has 0 saturated heterocycles. The summed E-state index contributed by atoms with van der Waals surface area (Å²) in [6, 6.07) is 0. The van der Waals surface area contributed by atoms with Gasteiger partial charge in [0.2, 0.25) is 0 Å². The van der Waals surface area contributed by atoms with Gasteiger partial charge in [0.15, 0.2) is 0 Å². The Kier molecular flexibility index (Phi) is 6.89. The number of nitrogens with zero attached hydrogens (tertiary/aromatic N) is 1. The van der Waals surface area contributed by atoms with Crippen LogP contribution in [0.15, 0.2) is 12.3 Å². The first-order valence-corrected chi connectivity index (χ1v) is 5.39. The highest BCUT2D eigenvalue weighted by atomic mass is 16.2. The van der Waals surface area contributed by atoms with Crippen molar-refractivity contribution in [3.63, 3.8) is 0 Å². The van der Waals surface area contributed by atoms with E-state index in [2.05, 4.69) is 18.8 Å². The minimum absolute atomic E-state index is 0.0397. The van der Waals surface area contributed by atoms with Crippen molar-refractivity contribution in [1.82, 2.24) is 10.2 Å². The molecule has 0 bridgehead atoms.